The quantitative estimate of drug-likeness (QED) is 0.627. The number of benzene rings is 1. The molecule has 0 unspecified atom stereocenters. The Morgan fingerprint density at radius 1 is 1.53 bits per heavy atom. The first-order chi connectivity index (χ1) is 8.10. The topological polar surface area (TPSA) is 81.6 Å². The van der Waals surface area contributed by atoms with E-state index in [0.717, 1.165) is 18.8 Å². The molecule has 1 fully saturated rings. The van der Waals surface area contributed by atoms with Crippen LogP contribution in [0.2, 0.25) is 0 Å². The molecule has 0 aliphatic carbocycles. The highest BCUT2D eigenvalue weighted by molar-refractivity contribution is 5.59. The van der Waals surface area contributed by atoms with Crippen molar-refractivity contribution in [3.05, 3.63) is 28.3 Å². The van der Waals surface area contributed by atoms with Gasteiger partial charge in [-0.25, -0.2) is 0 Å². The van der Waals surface area contributed by atoms with Crippen molar-refractivity contribution in [2.45, 2.75) is 13.0 Å². The summed E-state index contributed by atoms with van der Waals surface area (Å²) >= 11 is 0. The van der Waals surface area contributed by atoms with Crippen LogP contribution in [0.3, 0.4) is 0 Å². The molecule has 0 atom stereocenters. The molecule has 1 saturated heterocycles. The van der Waals surface area contributed by atoms with Gasteiger partial charge in [-0.3, -0.25) is 10.1 Å². The molecule has 0 aromatic heterocycles. The molecule has 1 aromatic carbocycles. The summed E-state index contributed by atoms with van der Waals surface area (Å²) in [7, 11) is 0. The van der Waals surface area contributed by atoms with Gasteiger partial charge in [-0.05, 0) is 6.92 Å². The second-order valence-corrected chi connectivity index (χ2v) is 4.04. The van der Waals surface area contributed by atoms with Crippen LogP contribution >= 0.6 is 0 Å². The Morgan fingerprint density at radius 3 is 2.76 bits per heavy atom. The molecule has 1 aliphatic rings. The Labute approximate surface area is 99.1 Å². The van der Waals surface area contributed by atoms with Crippen LogP contribution in [0.25, 0.3) is 0 Å². The highest BCUT2D eigenvalue weighted by atomic mass is 16.6. The number of nitro benzene ring substituents is 1. The zero-order valence-corrected chi connectivity index (χ0v) is 9.63. The lowest BCUT2D eigenvalue weighted by atomic mass is 10.1. The first-order valence-corrected chi connectivity index (χ1v) is 5.53. The summed E-state index contributed by atoms with van der Waals surface area (Å²) < 4.78 is 5.32. The maximum absolute atomic E-state index is 10.8. The van der Waals surface area contributed by atoms with Crippen LogP contribution in [0.1, 0.15) is 6.92 Å². The fraction of sp³-hybridized carbons (Fsp3) is 0.455. The van der Waals surface area contributed by atoms with Gasteiger partial charge >= 0.3 is 0 Å². The average molecular weight is 237 g/mol. The SMILES string of the molecule is CCOc1cc(N2CC(N)C2)cc([N+](=O)[O-])c1. The summed E-state index contributed by atoms with van der Waals surface area (Å²) in [4.78, 5) is 12.4. The molecule has 17 heavy (non-hydrogen) atoms. The number of hydrogen-bond acceptors (Lipinski definition) is 5. The maximum atomic E-state index is 10.8. The Balaban J connectivity index is 2.27. The highest BCUT2D eigenvalue weighted by Crippen LogP contribution is 2.30. The second-order valence-electron chi connectivity index (χ2n) is 4.04. The summed E-state index contributed by atoms with van der Waals surface area (Å²) in [6, 6.07) is 4.95. The van der Waals surface area contributed by atoms with E-state index in [0.29, 0.717) is 12.4 Å². The van der Waals surface area contributed by atoms with Crippen molar-refractivity contribution in [3.63, 3.8) is 0 Å². The van der Waals surface area contributed by atoms with E-state index in [4.69, 9.17) is 10.5 Å². The number of non-ortho nitro benzene ring substituents is 1. The minimum atomic E-state index is -0.411. The molecule has 1 heterocycles. The zero-order chi connectivity index (χ0) is 12.4. The summed E-state index contributed by atoms with van der Waals surface area (Å²) in [5.74, 6) is 0.525. The van der Waals surface area contributed by atoms with E-state index in [-0.39, 0.29) is 11.7 Å². The molecule has 1 aromatic rings. The third-order valence-corrected chi connectivity index (χ3v) is 2.67. The van der Waals surface area contributed by atoms with Crippen LogP contribution in [-0.2, 0) is 0 Å². The molecule has 0 amide bonds. The van der Waals surface area contributed by atoms with E-state index in [1.807, 2.05) is 17.9 Å². The van der Waals surface area contributed by atoms with Gasteiger partial charge in [0.25, 0.3) is 5.69 Å². The van der Waals surface area contributed by atoms with Gasteiger partial charge in [0, 0.05) is 37.0 Å². The van der Waals surface area contributed by atoms with Crippen LogP contribution < -0.4 is 15.4 Å². The van der Waals surface area contributed by atoms with Crippen molar-refractivity contribution in [1.82, 2.24) is 0 Å². The lowest BCUT2D eigenvalue weighted by molar-refractivity contribution is -0.384. The fourth-order valence-corrected chi connectivity index (χ4v) is 1.83. The molecule has 2 rings (SSSR count). The highest BCUT2D eigenvalue weighted by Gasteiger charge is 2.25. The predicted octanol–water partition coefficient (Wildman–Crippen LogP) is 1.14. The molecule has 6 heteroatoms. The number of rotatable bonds is 4. The molecule has 0 bridgehead atoms. The van der Waals surface area contributed by atoms with Crippen molar-refractivity contribution < 1.29 is 9.66 Å². The largest absolute Gasteiger partial charge is 0.494 e. The van der Waals surface area contributed by atoms with Gasteiger partial charge in [-0.1, -0.05) is 0 Å². The summed E-state index contributed by atoms with van der Waals surface area (Å²) in [5, 5.41) is 10.8. The molecule has 0 saturated carbocycles. The Kier molecular flexibility index (Phi) is 3.14. The fourth-order valence-electron chi connectivity index (χ4n) is 1.83. The molecule has 1 aliphatic heterocycles. The number of anilines is 1. The average Bonchev–Trinajstić information content (AvgIpc) is 2.25. The van der Waals surface area contributed by atoms with Crippen molar-refractivity contribution in [3.8, 4) is 5.75 Å². The lowest BCUT2D eigenvalue weighted by Crippen LogP contribution is -2.55. The number of nitrogens with two attached hydrogens (primary N) is 1. The molecule has 0 spiro atoms. The molecule has 6 nitrogen and oxygen atoms in total. The summed E-state index contributed by atoms with van der Waals surface area (Å²) in [6.45, 7) is 3.79. The van der Waals surface area contributed by atoms with Gasteiger partial charge in [0.05, 0.1) is 17.6 Å². The molecule has 2 N–H and O–H groups in total. The zero-order valence-electron chi connectivity index (χ0n) is 9.63. The van der Waals surface area contributed by atoms with Gasteiger partial charge < -0.3 is 15.4 Å². The molecule has 0 radical (unpaired) electrons. The van der Waals surface area contributed by atoms with E-state index in [1.54, 1.807) is 6.07 Å². The minimum absolute atomic E-state index is 0.0476. The lowest BCUT2D eigenvalue weighted by Gasteiger charge is -2.38. The number of nitro groups is 1. The standard InChI is InChI=1S/C11H15N3O3/c1-2-17-11-4-9(13-6-8(12)7-13)3-10(5-11)14(15)16/h3-5,8H,2,6-7,12H2,1H3. The first-order valence-electron chi connectivity index (χ1n) is 5.53. The van der Waals surface area contributed by atoms with Crippen LogP contribution in [0, 0.1) is 10.1 Å². The third kappa shape index (κ3) is 2.47. The molecule has 92 valence electrons. The first kappa shape index (κ1) is 11.7. The minimum Gasteiger partial charge on any atom is -0.494 e. The van der Waals surface area contributed by atoms with E-state index < -0.39 is 4.92 Å². The second kappa shape index (κ2) is 4.58. The van der Waals surface area contributed by atoms with Crippen molar-refractivity contribution >= 4 is 11.4 Å². The van der Waals surface area contributed by atoms with Crippen LogP contribution in [0.5, 0.6) is 5.75 Å². The van der Waals surface area contributed by atoms with E-state index in [9.17, 15) is 10.1 Å². The van der Waals surface area contributed by atoms with Crippen LogP contribution in [-0.4, -0.2) is 30.7 Å². The van der Waals surface area contributed by atoms with Crippen molar-refractivity contribution in [2.75, 3.05) is 24.6 Å². The number of ether oxygens (including phenoxy) is 1. The van der Waals surface area contributed by atoms with Gasteiger partial charge in [-0.15, -0.1) is 0 Å². The van der Waals surface area contributed by atoms with E-state index >= 15 is 0 Å². The van der Waals surface area contributed by atoms with E-state index in [1.165, 1.54) is 6.07 Å². The molecular weight excluding hydrogens is 222 g/mol. The number of nitrogens with zero attached hydrogens (tertiary/aromatic N) is 2. The maximum Gasteiger partial charge on any atom is 0.275 e. The Hall–Kier alpha value is -1.82. The normalized spacial score (nSPS) is 15.5. The monoisotopic (exact) mass is 237 g/mol. The van der Waals surface area contributed by atoms with Gasteiger partial charge in [0.1, 0.15) is 5.75 Å². The summed E-state index contributed by atoms with van der Waals surface area (Å²) in [5.41, 5.74) is 6.54. The summed E-state index contributed by atoms with van der Waals surface area (Å²) in [6.07, 6.45) is 0. The smallest absolute Gasteiger partial charge is 0.275 e. The third-order valence-electron chi connectivity index (χ3n) is 2.67. The van der Waals surface area contributed by atoms with Gasteiger partial charge in [0.2, 0.25) is 0 Å². The van der Waals surface area contributed by atoms with Gasteiger partial charge in [0.15, 0.2) is 0 Å². The van der Waals surface area contributed by atoms with Gasteiger partial charge in [-0.2, -0.15) is 0 Å². The predicted molar refractivity (Wildman–Crippen MR) is 64.5 cm³/mol. The van der Waals surface area contributed by atoms with Crippen molar-refractivity contribution in [2.24, 2.45) is 5.73 Å². The molecular formula is C11H15N3O3. The van der Waals surface area contributed by atoms with Crippen LogP contribution in [0.15, 0.2) is 18.2 Å². The Bertz CT molecular complexity index is 430. The van der Waals surface area contributed by atoms with Crippen molar-refractivity contribution in [1.29, 1.82) is 0 Å². The van der Waals surface area contributed by atoms with Crippen LogP contribution in [0.4, 0.5) is 11.4 Å². The van der Waals surface area contributed by atoms with E-state index in [2.05, 4.69) is 0 Å². The number of hydrogen-bond donors (Lipinski definition) is 1. The Morgan fingerprint density at radius 2 is 2.24 bits per heavy atom.